The number of carbonyl (C=O) groups excluding carboxylic acids is 4. The summed E-state index contributed by atoms with van der Waals surface area (Å²) < 4.78 is 19.2. The molecule has 11 nitrogen and oxygen atoms in total. The van der Waals surface area contributed by atoms with Crippen LogP contribution in [0.25, 0.3) is 0 Å². The second-order valence-electron chi connectivity index (χ2n) is 5.65. The molecule has 0 spiro atoms. The average Bonchev–Trinajstić information content (AvgIpc) is 2.57. The van der Waals surface area contributed by atoms with Crippen molar-refractivity contribution in [2.24, 2.45) is 0 Å². The third-order valence-corrected chi connectivity index (χ3v) is 3.65. The number of aliphatic hydroxyl groups is 3. The number of ether oxygens (including phenoxy) is 4. The van der Waals surface area contributed by atoms with Crippen LogP contribution in [-0.2, 0) is 38.1 Å². The SMILES string of the molecule is COC(=O)CCC(=O)OC1C(O)C(O)C(O)C(OC(C)=O)C1OC(C)=O. The van der Waals surface area contributed by atoms with Crippen LogP contribution in [0.15, 0.2) is 0 Å². The topological polar surface area (TPSA) is 166 Å². The van der Waals surface area contributed by atoms with Crippen LogP contribution >= 0.6 is 0 Å². The minimum absolute atomic E-state index is 0.297. The van der Waals surface area contributed by atoms with E-state index in [0.29, 0.717) is 0 Å². The summed E-state index contributed by atoms with van der Waals surface area (Å²) in [5, 5.41) is 30.0. The Balaban J connectivity index is 3.01. The van der Waals surface area contributed by atoms with Crippen LogP contribution in [0.5, 0.6) is 0 Å². The van der Waals surface area contributed by atoms with Crippen molar-refractivity contribution in [3.05, 3.63) is 0 Å². The summed E-state index contributed by atoms with van der Waals surface area (Å²) in [5.74, 6) is -3.35. The molecule has 1 fully saturated rings. The number of methoxy groups -OCH3 is 1. The van der Waals surface area contributed by atoms with E-state index in [1.807, 2.05) is 0 Å². The van der Waals surface area contributed by atoms with Crippen molar-refractivity contribution in [3.63, 3.8) is 0 Å². The average molecular weight is 378 g/mol. The summed E-state index contributed by atoms with van der Waals surface area (Å²) in [5.41, 5.74) is 0. The van der Waals surface area contributed by atoms with E-state index < -0.39 is 66.9 Å². The molecule has 0 heterocycles. The van der Waals surface area contributed by atoms with E-state index in [0.717, 1.165) is 21.0 Å². The first kappa shape index (κ1) is 21.8. The van der Waals surface area contributed by atoms with Gasteiger partial charge in [0.2, 0.25) is 0 Å². The molecule has 1 aliphatic carbocycles. The number of rotatable bonds is 6. The van der Waals surface area contributed by atoms with Gasteiger partial charge in [-0.05, 0) is 0 Å². The number of aliphatic hydroxyl groups excluding tert-OH is 3. The van der Waals surface area contributed by atoms with Gasteiger partial charge >= 0.3 is 23.9 Å². The molecule has 0 aromatic rings. The molecule has 0 aliphatic heterocycles. The molecule has 0 aromatic heterocycles. The van der Waals surface area contributed by atoms with Gasteiger partial charge < -0.3 is 34.3 Å². The van der Waals surface area contributed by atoms with Gasteiger partial charge in [0.05, 0.1) is 20.0 Å². The number of esters is 4. The lowest BCUT2D eigenvalue weighted by molar-refractivity contribution is -0.246. The zero-order valence-electron chi connectivity index (χ0n) is 14.5. The highest BCUT2D eigenvalue weighted by Crippen LogP contribution is 2.29. The predicted molar refractivity (Wildman–Crippen MR) is 80.3 cm³/mol. The van der Waals surface area contributed by atoms with Crippen molar-refractivity contribution in [3.8, 4) is 0 Å². The van der Waals surface area contributed by atoms with Crippen LogP contribution in [0.2, 0.25) is 0 Å². The highest BCUT2D eigenvalue weighted by molar-refractivity contribution is 5.77. The van der Waals surface area contributed by atoms with Crippen LogP contribution in [0.1, 0.15) is 26.7 Å². The molecule has 6 atom stereocenters. The maximum atomic E-state index is 11.9. The molecule has 1 aliphatic rings. The van der Waals surface area contributed by atoms with Crippen LogP contribution in [0, 0.1) is 0 Å². The monoisotopic (exact) mass is 378 g/mol. The Kier molecular flexibility index (Phi) is 7.93. The second-order valence-corrected chi connectivity index (χ2v) is 5.65. The van der Waals surface area contributed by atoms with E-state index in [4.69, 9.17) is 14.2 Å². The van der Waals surface area contributed by atoms with Gasteiger partial charge in [-0.2, -0.15) is 0 Å². The highest BCUT2D eigenvalue weighted by atomic mass is 16.6. The maximum absolute atomic E-state index is 11.9. The first-order valence-corrected chi connectivity index (χ1v) is 7.73. The van der Waals surface area contributed by atoms with E-state index in [2.05, 4.69) is 4.74 Å². The summed E-state index contributed by atoms with van der Waals surface area (Å²) in [6, 6.07) is 0. The van der Waals surface area contributed by atoms with Gasteiger partial charge in [0.15, 0.2) is 18.3 Å². The van der Waals surface area contributed by atoms with E-state index in [1.54, 1.807) is 0 Å². The lowest BCUT2D eigenvalue weighted by atomic mass is 9.84. The number of hydrogen-bond acceptors (Lipinski definition) is 11. The zero-order chi connectivity index (χ0) is 20.0. The van der Waals surface area contributed by atoms with Crippen LogP contribution in [0.3, 0.4) is 0 Å². The Labute approximate surface area is 148 Å². The van der Waals surface area contributed by atoms with Gasteiger partial charge in [-0.25, -0.2) is 0 Å². The Morgan fingerprint density at radius 3 is 1.58 bits per heavy atom. The molecule has 26 heavy (non-hydrogen) atoms. The Bertz CT molecular complexity index is 546. The van der Waals surface area contributed by atoms with Gasteiger partial charge in [0.25, 0.3) is 0 Å². The van der Waals surface area contributed by atoms with Gasteiger partial charge in [0, 0.05) is 13.8 Å². The van der Waals surface area contributed by atoms with Crippen molar-refractivity contribution in [2.45, 2.75) is 63.3 Å². The molecule has 1 saturated carbocycles. The molecule has 0 amide bonds. The van der Waals surface area contributed by atoms with E-state index >= 15 is 0 Å². The Morgan fingerprint density at radius 1 is 0.692 bits per heavy atom. The molecule has 1 rings (SSSR count). The van der Waals surface area contributed by atoms with E-state index in [9.17, 15) is 34.5 Å². The van der Waals surface area contributed by atoms with Gasteiger partial charge in [-0.1, -0.05) is 0 Å². The Morgan fingerprint density at radius 2 is 1.12 bits per heavy atom. The largest absolute Gasteiger partial charge is 0.469 e. The molecule has 6 unspecified atom stereocenters. The molecule has 0 saturated heterocycles. The van der Waals surface area contributed by atoms with Crippen LogP contribution in [0.4, 0.5) is 0 Å². The Hall–Kier alpha value is -2.24. The molecule has 0 bridgehead atoms. The third-order valence-electron chi connectivity index (χ3n) is 3.65. The molecule has 0 radical (unpaired) electrons. The number of hydrogen-bond donors (Lipinski definition) is 3. The zero-order valence-corrected chi connectivity index (χ0v) is 14.5. The first-order chi connectivity index (χ1) is 12.1. The van der Waals surface area contributed by atoms with Crippen molar-refractivity contribution in [1.82, 2.24) is 0 Å². The fourth-order valence-corrected chi connectivity index (χ4v) is 2.47. The maximum Gasteiger partial charge on any atom is 0.306 e. The van der Waals surface area contributed by atoms with Crippen molar-refractivity contribution in [2.75, 3.05) is 7.11 Å². The van der Waals surface area contributed by atoms with Gasteiger partial charge in [-0.3, -0.25) is 19.2 Å². The lowest BCUT2D eigenvalue weighted by Crippen LogP contribution is -2.66. The lowest BCUT2D eigenvalue weighted by Gasteiger charge is -2.43. The molecule has 148 valence electrons. The molecule has 0 aromatic carbocycles. The highest BCUT2D eigenvalue weighted by Gasteiger charge is 2.54. The summed E-state index contributed by atoms with van der Waals surface area (Å²) in [6.45, 7) is 2.04. The molecule has 3 N–H and O–H groups in total. The van der Waals surface area contributed by atoms with Crippen molar-refractivity contribution in [1.29, 1.82) is 0 Å². The summed E-state index contributed by atoms with van der Waals surface area (Å²) in [4.78, 5) is 45.5. The van der Waals surface area contributed by atoms with Crippen molar-refractivity contribution >= 4 is 23.9 Å². The van der Waals surface area contributed by atoms with Gasteiger partial charge in [0.1, 0.15) is 18.3 Å². The fraction of sp³-hybridized carbons (Fsp3) is 0.733. The van der Waals surface area contributed by atoms with Crippen LogP contribution < -0.4 is 0 Å². The standard InChI is InChI=1S/C15H22O11/c1-6(16)24-13-11(21)10(20)12(22)14(15(13)25-7(2)17)26-9(19)5-4-8(18)23-3/h10-15,20-22H,4-5H2,1-3H3. The summed E-state index contributed by atoms with van der Waals surface area (Å²) >= 11 is 0. The molecular weight excluding hydrogens is 356 g/mol. The molecular formula is C15H22O11. The summed E-state index contributed by atoms with van der Waals surface area (Å²) in [7, 11) is 1.14. The predicted octanol–water partition coefficient (Wildman–Crippen LogP) is -2.19. The third kappa shape index (κ3) is 5.64. The smallest absolute Gasteiger partial charge is 0.306 e. The van der Waals surface area contributed by atoms with Crippen molar-refractivity contribution < 1.29 is 53.4 Å². The first-order valence-electron chi connectivity index (χ1n) is 7.73. The van der Waals surface area contributed by atoms with Gasteiger partial charge in [-0.15, -0.1) is 0 Å². The molecule has 11 heteroatoms. The van der Waals surface area contributed by atoms with E-state index in [1.165, 1.54) is 0 Å². The van der Waals surface area contributed by atoms with Crippen LogP contribution in [-0.4, -0.2) is 82.9 Å². The number of carbonyl (C=O) groups is 4. The second kappa shape index (κ2) is 9.46. The normalized spacial score (nSPS) is 30.8. The van der Waals surface area contributed by atoms with E-state index in [-0.39, 0.29) is 6.42 Å². The minimum Gasteiger partial charge on any atom is -0.469 e. The summed E-state index contributed by atoms with van der Waals surface area (Å²) in [6.07, 6.45) is -10.9. The quantitative estimate of drug-likeness (QED) is 0.339. The fourth-order valence-electron chi connectivity index (χ4n) is 2.47. The minimum atomic E-state index is -1.84.